The summed E-state index contributed by atoms with van der Waals surface area (Å²) >= 11 is 11.5. The molecule has 1 N–H and O–H groups in total. The number of carbonyl (C=O) groups excluding carboxylic acids is 1. The minimum atomic E-state index is -4.55. The third-order valence-electron chi connectivity index (χ3n) is 3.98. The molecule has 0 unspecified atom stereocenters. The van der Waals surface area contributed by atoms with Gasteiger partial charge in [-0.25, -0.2) is 0 Å². The fraction of sp³-hybridized carbons (Fsp3) is 0.0909. The van der Waals surface area contributed by atoms with E-state index in [-0.39, 0.29) is 23.2 Å². The number of hydrogen-bond donors (Lipinski definition) is 1. The predicted molar refractivity (Wildman–Crippen MR) is 116 cm³/mol. The molecule has 9 heteroatoms. The van der Waals surface area contributed by atoms with Crippen molar-refractivity contribution >= 4 is 46.7 Å². The van der Waals surface area contributed by atoms with Crippen molar-refractivity contribution in [3.05, 3.63) is 87.9 Å². The molecule has 4 nitrogen and oxygen atoms in total. The normalized spacial score (nSPS) is 11.5. The van der Waals surface area contributed by atoms with Crippen LogP contribution in [-0.2, 0) is 11.0 Å². The van der Waals surface area contributed by atoms with Gasteiger partial charge in [0.25, 0.3) is 5.91 Å². The van der Waals surface area contributed by atoms with E-state index in [0.717, 1.165) is 12.1 Å². The minimum absolute atomic E-state index is 0.120. The molecule has 31 heavy (non-hydrogen) atoms. The van der Waals surface area contributed by atoms with Crippen molar-refractivity contribution in [2.75, 3.05) is 11.9 Å². The van der Waals surface area contributed by atoms with Gasteiger partial charge in [0.15, 0.2) is 6.61 Å². The summed E-state index contributed by atoms with van der Waals surface area (Å²) < 4.78 is 44.2. The van der Waals surface area contributed by atoms with Gasteiger partial charge in [-0.05, 0) is 66.2 Å². The summed E-state index contributed by atoms with van der Waals surface area (Å²) in [4.78, 5) is 16.0. The van der Waals surface area contributed by atoms with Crippen LogP contribution in [0.2, 0.25) is 10.0 Å². The maximum atomic E-state index is 12.9. The van der Waals surface area contributed by atoms with E-state index in [1.165, 1.54) is 12.3 Å². The lowest BCUT2D eigenvalue weighted by Crippen LogP contribution is -2.20. The molecular formula is C22H15Cl2F3N2O2. The van der Waals surface area contributed by atoms with Crippen LogP contribution in [0.1, 0.15) is 11.1 Å². The molecule has 0 atom stereocenters. The van der Waals surface area contributed by atoms with Gasteiger partial charge in [-0.2, -0.15) is 13.2 Å². The lowest BCUT2D eigenvalue weighted by atomic mass is 10.2. The largest absolute Gasteiger partial charge is 0.484 e. The standard InChI is InChI=1S/C22H15Cl2F3N2O2/c23-15-2-1-3-17(10-15)29-21(30)13-31-18-7-4-14(5-8-18)12-28-16-6-9-20(24)19(11-16)22(25,26)27/h1-12H,13H2,(H,29,30). The maximum absolute atomic E-state index is 12.9. The number of aliphatic imine (C=N–C) groups is 1. The van der Waals surface area contributed by atoms with Gasteiger partial charge < -0.3 is 10.1 Å². The molecule has 0 saturated carbocycles. The Labute approximate surface area is 186 Å². The van der Waals surface area contributed by atoms with E-state index in [9.17, 15) is 18.0 Å². The topological polar surface area (TPSA) is 50.7 Å². The minimum Gasteiger partial charge on any atom is -0.484 e. The number of nitrogens with one attached hydrogen (secondary N) is 1. The number of alkyl halides is 3. The Morgan fingerprint density at radius 3 is 2.45 bits per heavy atom. The molecule has 0 radical (unpaired) electrons. The van der Waals surface area contributed by atoms with Crippen LogP contribution in [0, 0.1) is 0 Å². The molecule has 0 aliphatic rings. The Morgan fingerprint density at radius 1 is 1.03 bits per heavy atom. The van der Waals surface area contributed by atoms with Gasteiger partial charge in [-0.3, -0.25) is 9.79 Å². The van der Waals surface area contributed by atoms with Crippen molar-refractivity contribution in [3.8, 4) is 5.75 Å². The van der Waals surface area contributed by atoms with Gasteiger partial charge in [0.2, 0.25) is 0 Å². The van der Waals surface area contributed by atoms with E-state index < -0.39 is 11.7 Å². The van der Waals surface area contributed by atoms with E-state index in [4.69, 9.17) is 27.9 Å². The quantitative estimate of drug-likeness (QED) is 0.407. The molecule has 3 rings (SSSR count). The summed E-state index contributed by atoms with van der Waals surface area (Å²) in [5.41, 5.74) is 0.376. The molecule has 0 spiro atoms. The van der Waals surface area contributed by atoms with E-state index in [1.54, 1.807) is 48.5 Å². The fourth-order valence-corrected chi connectivity index (χ4v) is 2.94. The van der Waals surface area contributed by atoms with E-state index in [2.05, 4.69) is 10.3 Å². The van der Waals surface area contributed by atoms with Crippen LogP contribution in [0.4, 0.5) is 24.5 Å². The summed E-state index contributed by atoms with van der Waals surface area (Å²) in [6, 6.07) is 16.7. The zero-order valence-electron chi connectivity index (χ0n) is 15.8. The number of hydrogen-bond acceptors (Lipinski definition) is 3. The number of nitrogens with zero attached hydrogens (tertiary/aromatic N) is 1. The van der Waals surface area contributed by atoms with E-state index >= 15 is 0 Å². The van der Waals surface area contributed by atoms with Gasteiger partial charge in [0, 0.05) is 16.9 Å². The number of rotatable bonds is 6. The first-order chi connectivity index (χ1) is 14.7. The van der Waals surface area contributed by atoms with Crippen molar-refractivity contribution in [3.63, 3.8) is 0 Å². The van der Waals surface area contributed by atoms with Crippen LogP contribution in [0.25, 0.3) is 0 Å². The Balaban J connectivity index is 1.57. The van der Waals surface area contributed by atoms with Gasteiger partial charge in [-0.15, -0.1) is 0 Å². The molecule has 0 heterocycles. The third-order valence-corrected chi connectivity index (χ3v) is 4.54. The Morgan fingerprint density at radius 2 is 1.77 bits per heavy atom. The molecule has 0 bridgehead atoms. The van der Waals surface area contributed by atoms with Gasteiger partial charge in [-0.1, -0.05) is 29.3 Å². The first-order valence-corrected chi connectivity index (χ1v) is 9.65. The first-order valence-electron chi connectivity index (χ1n) is 8.90. The summed E-state index contributed by atoms with van der Waals surface area (Å²) in [7, 11) is 0. The highest BCUT2D eigenvalue weighted by molar-refractivity contribution is 6.31. The number of carbonyl (C=O) groups is 1. The molecule has 160 valence electrons. The third kappa shape index (κ3) is 6.73. The Bertz CT molecular complexity index is 1100. The first kappa shape index (κ1) is 22.7. The van der Waals surface area contributed by atoms with Crippen LogP contribution >= 0.6 is 23.2 Å². The zero-order valence-corrected chi connectivity index (χ0v) is 17.3. The zero-order chi connectivity index (χ0) is 22.4. The number of anilines is 1. The van der Waals surface area contributed by atoms with Crippen molar-refractivity contribution in [1.29, 1.82) is 0 Å². The lowest BCUT2D eigenvalue weighted by molar-refractivity contribution is -0.137. The molecule has 3 aromatic carbocycles. The SMILES string of the molecule is O=C(COc1ccc(C=Nc2ccc(Cl)c(C(F)(F)F)c2)cc1)Nc1cccc(Cl)c1. The van der Waals surface area contributed by atoms with Crippen molar-refractivity contribution in [2.45, 2.75) is 6.18 Å². The molecule has 3 aromatic rings. The summed E-state index contributed by atoms with van der Waals surface area (Å²) in [5, 5.41) is 2.78. The highest BCUT2D eigenvalue weighted by Gasteiger charge is 2.33. The van der Waals surface area contributed by atoms with Crippen molar-refractivity contribution < 1.29 is 22.7 Å². The highest BCUT2D eigenvalue weighted by Crippen LogP contribution is 2.36. The van der Waals surface area contributed by atoms with E-state index in [0.29, 0.717) is 22.0 Å². The second kappa shape index (κ2) is 9.85. The average molecular weight is 467 g/mol. The number of halogens is 5. The van der Waals surface area contributed by atoms with Crippen LogP contribution in [0.15, 0.2) is 71.7 Å². The molecule has 0 aromatic heterocycles. The molecule has 1 amide bonds. The van der Waals surface area contributed by atoms with E-state index in [1.807, 2.05) is 0 Å². The average Bonchev–Trinajstić information content (AvgIpc) is 2.71. The Hall–Kier alpha value is -3.03. The molecular weight excluding hydrogens is 452 g/mol. The van der Waals surface area contributed by atoms with Crippen LogP contribution < -0.4 is 10.1 Å². The summed E-state index contributed by atoms with van der Waals surface area (Å²) in [6.45, 7) is -0.203. The second-order valence-electron chi connectivity index (χ2n) is 6.34. The van der Waals surface area contributed by atoms with Gasteiger partial charge in [0.1, 0.15) is 5.75 Å². The maximum Gasteiger partial charge on any atom is 0.417 e. The number of amides is 1. The molecule has 0 fully saturated rings. The molecule has 0 aliphatic heterocycles. The second-order valence-corrected chi connectivity index (χ2v) is 7.18. The van der Waals surface area contributed by atoms with Gasteiger partial charge >= 0.3 is 6.18 Å². The van der Waals surface area contributed by atoms with Crippen LogP contribution in [-0.4, -0.2) is 18.7 Å². The van der Waals surface area contributed by atoms with Crippen LogP contribution in [0.3, 0.4) is 0 Å². The van der Waals surface area contributed by atoms with Gasteiger partial charge in [0.05, 0.1) is 16.3 Å². The van der Waals surface area contributed by atoms with Crippen molar-refractivity contribution in [2.24, 2.45) is 4.99 Å². The lowest BCUT2D eigenvalue weighted by Gasteiger charge is -2.09. The number of ether oxygens (including phenoxy) is 1. The highest BCUT2D eigenvalue weighted by atomic mass is 35.5. The fourth-order valence-electron chi connectivity index (χ4n) is 2.52. The van der Waals surface area contributed by atoms with Crippen LogP contribution in [0.5, 0.6) is 5.75 Å². The molecule has 0 aliphatic carbocycles. The summed E-state index contributed by atoms with van der Waals surface area (Å²) in [6.07, 6.45) is -3.14. The van der Waals surface area contributed by atoms with Crippen molar-refractivity contribution in [1.82, 2.24) is 0 Å². The number of benzene rings is 3. The Kier molecular flexibility index (Phi) is 7.20. The molecule has 0 saturated heterocycles. The predicted octanol–water partition coefficient (Wildman–Crippen LogP) is 6.78. The summed E-state index contributed by atoms with van der Waals surface area (Å²) in [5.74, 6) is 0.0976. The smallest absolute Gasteiger partial charge is 0.417 e. The monoisotopic (exact) mass is 466 g/mol.